The van der Waals surface area contributed by atoms with E-state index in [0.717, 1.165) is 0 Å². The molecular formula is C13H15N5O2. The molecule has 1 heterocycles. The number of amides is 2. The Labute approximate surface area is 115 Å². The molecule has 1 aromatic carbocycles. The number of primary amides is 1. The van der Waals surface area contributed by atoms with E-state index in [2.05, 4.69) is 20.5 Å². The van der Waals surface area contributed by atoms with Crippen LogP contribution in [0.25, 0.3) is 0 Å². The van der Waals surface area contributed by atoms with Crippen LogP contribution in [0.3, 0.4) is 0 Å². The summed E-state index contributed by atoms with van der Waals surface area (Å²) in [6.45, 7) is 3.90. The van der Waals surface area contributed by atoms with Crippen molar-refractivity contribution in [3.8, 4) is 0 Å². The highest BCUT2D eigenvalue weighted by atomic mass is 16.2. The number of aromatic nitrogens is 3. The maximum absolute atomic E-state index is 11.9. The highest BCUT2D eigenvalue weighted by molar-refractivity contribution is 6.01. The van der Waals surface area contributed by atoms with Crippen molar-refractivity contribution in [2.75, 3.05) is 5.32 Å². The van der Waals surface area contributed by atoms with Gasteiger partial charge in [-0.25, -0.2) is 4.98 Å². The number of aromatic amines is 1. The van der Waals surface area contributed by atoms with Crippen molar-refractivity contribution in [2.45, 2.75) is 19.8 Å². The average Bonchev–Trinajstić information content (AvgIpc) is 2.89. The van der Waals surface area contributed by atoms with E-state index >= 15 is 0 Å². The Bertz CT molecular complexity index is 630. The summed E-state index contributed by atoms with van der Waals surface area (Å²) in [4.78, 5) is 27.0. The number of nitrogens with one attached hydrogen (secondary N) is 2. The summed E-state index contributed by atoms with van der Waals surface area (Å²) in [5.41, 5.74) is 6.05. The minimum atomic E-state index is -0.515. The number of carbonyl (C=O) groups excluding carboxylic acids is 2. The van der Waals surface area contributed by atoms with Gasteiger partial charge in [0.25, 0.3) is 5.91 Å². The molecule has 0 saturated heterocycles. The minimum absolute atomic E-state index is 0.0766. The molecule has 7 nitrogen and oxygen atoms in total. The van der Waals surface area contributed by atoms with Crippen molar-refractivity contribution in [1.29, 1.82) is 0 Å². The predicted molar refractivity (Wildman–Crippen MR) is 73.4 cm³/mol. The predicted octanol–water partition coefficient (Wildman–Crippen LogP) is 1.28. The fraction of sp³-hybridized carbons (Fsp3) is 0.231. The summed E-state index contributed by atoms with van der Waals surface area (Å²) >= 11 is 0. The molecule has 0 aliphatic heterocycles. The number of H-pyrrole nitrogens is 1. The summed E-state index contributed by atoms with van der Waals surface area (Å²) in [6, 6.07) is 6.26. The first-order valence-electron chi connectivity index (χ1n) is 6.11. The Morgan fingerprint density at radius 3 is 2.40 bits per heavy atom. The van der Waals surface area contributed by atoms with Crippen LogP contribution in [-0.4, -0.2) is 27.0 Å². The van der Waals surface area contributed by atoms with Crippen LogP contribution in [0.1, 0.15) is 46.6 Å². The van der Waals surface area contributed by atoms with Gasteiger partial charge in [-0.3, -0.25) is 14.7 Å². The molecule has 0 atom stereocenters. The van der Waals surface area contributed by atoms with Crippen LogP contribution in [-0.2, 0) is 0 Å². The highest BCUT2D eigenvalue weighted by Crippen LogP contribution is 2.11. The summed E-state index contributed by atoms with van der Waals surface area (Å²) in [5.74, 6) is -0.0378. The second-order valence-corrected chi connectivity index (χ2v) is 4.59. The maximum atomic E-state index is 11.9. The lowest BCUT2D eigenvalue weighted by molar-refractivity contribution is 0.0997. The lowest BCUT2D eigenvalue weighted by Crippen LogP contribution is -2.14. The average molecular weight is 273 g/mol. The van der Waals surface area contributed by atoms with Gasteiger partial charge in [0.05, 0.1) is 0 Å². The SMILES string of the molecule is CC(C)c1nc(C(=O)Nc2ccc(C(N)=O)cc2)n[nH]1. The molecule has 4 N–H and O–H groups in total. The largest absolute Gasteiger partial charge is 0.366 e. The van der Waals surface area contributed by atoms with Crippen molar-refractivity contribution < 1.29 is 9.59 Å². The normalized spacial score (nSPS) is 10.6. The van der Waals surface area contributed by atoms with E-state index in [9.17, 15) is 9.59 Å². The van der Waals surface area contributed by atoms with E-state index in [1.807, 2.05) is 13.8 Å². The molecule has 0 bridgehead atoms. The smallest absolute Gasteiger partial charge is 0.295 e. The molecule has 0 aliphatic carbocycles. The van der Waals surface area contributed by atoms with Crippen molar-refractivity contribution in [3.63, 3.8) is 0 Å². The van der Waals surface area contributed by atoms with Crippen LogP contribution in [0.15, 0.2) is 24.3 Å². The van der Waals surface area contributed by atoms with Crippen molar-refractivity contribution >= 4 is 17.5 Å². The third kappa shape index (κ3) is 3.00. The summed E-state index contributed by atoms with van der Waals surface area (Å²) in [7, 11) is 0. The topological polar surface area (TPSA) is 114 Å². The molecular weight excluding hydrogens is 258 g/mol. The van der Waals surface area contributed by atoms with E-state index in [0.29, 0.717) is 17.1 Å². The van der Waals surface area contributed by atoms with Crippen LogP contribution in [0.2, 0.25) is 0 Å². The molecule has 0 aliphatic rings. The molecule has 20 heavy (non-hydrogen) atoms. The van der Waals surface area contributed by atoms with Crippen molar-refractivity contribution in [3.05, 3.63) is 41.5 Å². The van der Waals surface area contributed by atoms with Gasteiger partial charge < -0.3 is 11.1 Å². The summed E-state index contributed by atoms with van der Waals surface area (Å²) < 4.78 is 0. The second kappa shape index (κ2) is 5.52. The van der Waals surface area contributed by atoms with Gasteiger partial charge in [-0.05, 0) is 24.3 Å². The third-order valence-corrected chi connectivity index (χ3v) is 2.68. The third-order valence-electron chi connectivity index (χ3n) is 2.68. The molecule has 2 rings (SSSR count). The van der Waals surface area contributed by atoms with Crippen molar-refractivity contribution in [2.24, 2.45) is 5.73 Å². The fourth-order valence-electron chi connectivity index (χ4n) is 1.54. The molecule has 0 unspecified atom stereocenters. The lowest BCUT2D eigenvalue weighted by Gasteiger charge is -2.03. The van der Waals surface area contributed by atoms with Gasteiger partial charge in [0.1, 0.15) is 5.82 Å². The number of nitrogens with two attached hydrogens (primary N) is 1. The first-order chi connectivity index (χ1) is 9.47. The highest BCUT2D eigenvalue weighted by Gasteiger charge is 2.14. The number of carbonyl (C=O) groups is 2. The molecule has 104 valence electrons. The first kappa shape index (κ1) is 13.7. The number of hydrogen-bond donors (Lipinski definition) is 3. The molecule has 0 radical (unpaired) electrons. The number of nitrogens with zero attached hydrogens (tertiary/aromatic N) is 2. The van der Waals surface area contributed by atoms with Crippen LogP contribution in [0.5, 0.6) is 0 Å². The Hall–Kier alpha value is -2.70. The van der Waals surface area contributed by atoms with Gasteiger partial charge in [0.15, 0.2) is 0 Å². The van der Waals surface area contributed by atoms with Gasteiger partial charge in [-0.2, -0.15) is 0 Å². The standard InChI is InChI=1S/C13H15N5O2/c1-7(2)11-16-12(18-17-11)13(20)15-9-5-3-8(4-6-9)10(14)19/h3-7H,1-2H3,(H2,14,19)(H,15,20)(H,16,17,18). The second-order valence-electron chi connectivity index (χ2n) is 4.59. The summed E-state index contributed by atoms with van der Waals surface area (Å²) in [5, 5.41) is 9.21. The number of anilines is 1. The first-order valence-corrected chi connectivity index (χ1v) is 6.11. The van der Waals surface area contributed by atoms with E-state index in [-0.39, 0.29) is 11.7 Å². The Morgan fingerprint density at radius 2 is 1.90 bits per heavy atom. The molecule has 7 heteroatoms. The molecule has 2 amide bonds. The summed E-state index contributed by atoms with van der Waals surface area (Å²) in [6.07, 6.45) is 0. The number of hydrogen-bond acceptors (Lipinski definition) is 4. The zero-order chi connectivity index (χ0) is 14.7. The van der Waals surface area contributed by atoms with Crippen LogP contribution < -0.4 is 11.1 Å². The zero-order valence-electron chi connectivity index (χ0n) is 11.2. The Kier molecular flexibility index (Phi) is 3.79. The number of benzene rings is 1. The Morgan fingerprint density at radius 1 is 1.25 bits per heavy atom. The lowest BCUT2D eigenvalue weighted by atomic mass is 10.2. The maximum Gasteiger partial charge on any atom is 0.295 e. The van der Waals surface area contributed by atoms with Gasteiger partial charge in [-0.15, -0.1) is 5.10 Å². The molecule has 0 spiro atoms. The van der Waals surface area contributed by atoms with Gasteiger partial charge in [0.2, 0.25) is 11.7 Å². The van der Waals surface area contributed by atoms with Gasteiger partial charge in [0, 0.05) is 17.2 Å². The zero-order valence-corrected chi connectivity index (χ0v) is 11.2. The van der Waals surface area contributed by atoms with E-state index in [4.69, 9.17) is 5.73 Å². The monoisotopic (exact) mass is 273 g/mol. The molecule has 0 fully saturated rings. The van der Waals surface area contributed by atoms with Gasteiger partial charge >= 0.3 is 0 Å². The van der Waals surface area contributed by atoms with E-state index < -0.39 is 11.8 Å². The van der Waals surface area contributed by atoms with Crippen LogP contribution in [0.4, 0.5) is 5.69 Å². The quantitative estimate of drug-likeness (QED) is 0.778. The fourth-order valence-corrected chi connectivity index (χ4v) is 1.54. The number of rotatable bonds is 4. The molecule has 2 aromatic rings. The minimum Gasteiger partial charge on any atom is -0.366 e. The van der Waals surface area contributed by atoms with Crippen LogP contribution >= 0.6 is 0 Å². The van der Waals surface area contributed by atoms with Crippen LogP contribution in [0, 0.1) is 0 Å². The Balaban J connectivity index is 2.08. The van der Waals surface area contributed by atoms with E-state index in [1.165, 1.54) is 12.1 Å². The molecule has 0 saturated carbocycles. The molecule has 1 aromatic heterocycles. The van der Waals surface area contributed by atoms with E-state index in [1.54, 1.807) is 12.1 Å². The van der Waals surface area contributed by atoms with Gasteiger partial charge in [-0.1, -0.05) is 13.8 Å². The van der Waals surface area contributed by atoms with Crippen molar-refractivity contribution in [1.82, 2.24) is 15.2 Å².